The third-order valence-corrected chi connectivity index (χ3v) is 3.54. The zero-order valence-corrected chi connectivity index (χ0v) is 14.2. The van der Waals surface area contributed by atoms with Crippen molar-refractivity contribution in [3.05, 3.63) is 23.8 Å². The summed E-state index contributed by atoms with van der Waals surface area (Å²) >= 11 is 0. The number of ether oxygens (including phenoxy) is 1. The van der Waals surface area contributed by atoms with Gasteiger partial charge >= 0.3 is 0 Å². The zero-order valence-electron chi connectivity index (χ0n) is 14.2. The van der Waals surface area contributed by atoms with E-state index in [-0.39, 0.29) is 16.7 Å². The Hall–Kier alpha value is -1.55. The fourth-order valence-electron chi connectivity index (χ4n) is 1.88. The van der Waals surface area contributed by atoms with Crippen molar-refractivity contribution in [2.45, 2.75) is 53.0 Å². The fraction of sp³-hybridized carbons (Fsp3) is 0.588. The third-order valence-electron chi connectivity index (χ3n) is 3.54. The summed E-state index contributed by atoms with van der Waals surface area (Å²) < 4.78 is 5.32. The molecule has 4 nitrogen and oxygen atoms in total. The highest BCUT2D eigenvalue weighted by Crippen LogP contribution is 2.32. The van der Waals surface area contributed by atoms with E-state index in [1.807, 2.05) is 39.0 Å². The zero-order chi connectivity index (χ0) is 16.4. The number of hydrogen-bond acceptors (Lipinski definition) is 3. The molecule has 0 radical (unpaired) electrons. The number of benzene rings is 1. The molecule has 1 aromatic rings. The molecule has 1 atom stereocenters. The van der Waals surface area contributed by atoms with Gasteiger partial charge in [-0.1, -0.05) is 47.6 Å². The van der Waals surface area contributed by atoms with E-state index < -0.39 is 6.04 Å². The van der Waals surface area contributed by atoms with Gasteiger partial charge in [-0.25, -0.2) is 0 Å². The van der Waals surface area contributed by atoms with Crippen LogP contribution in [-0.2, 0) is 10.2 Å². The van der Waals surface area contributed by atoms with Crippen LogP contribution in [0, 0.1) is 5.41 Å². The van der Waals surface area contributed by atoms with E-state index in [1.165, 1.54) is 0 Å². The highest BCUT2D eigenvalue weighted by atomic mass is 16.5. The van der Waals surface area contributed by atoms with Crippen molar-refractivity contribution < 1.29 is 9.53 Å². The summed E-state index contributed by atoms with van der Waals surface area (Å²) in [5.74, 6) is 0.435. The van der Waals surface area contributed by atoms with Crippen molar-refractivity contribution in [3.8, 4) is 5.75 Å². The second kappa shape index (κ2) is 6.06. The number of carbonyl (C=O) groups excluding carboxylic acids is 1. The van der Waals surface area contributed by atoms with Gasteiger partial charge in [-0.15, -0.1) is 0 Å². The van der Waals surface area contributed by atoms with Gasteiger partial charge in [0.05, 0.1) is 18.8 Å². The summed E-state index contributed by atoms with van der Waals surface area (Å²) in [6.07, 6.45) is 0. The Kier molecular flexibility index (Phi) is 5.05. The predicted octanol–water partition coefficient (Wildman–Crippen LogP) is 3.30. The molecule has 3 N–H and O–H groups in total. The Labute approximate surface area is 128 Å². The van der Waals surface area contributed by atoms with Gasteiger partial charge in [0.2, 0.25) is 5.91 Å². The molecule has 1 rings (SSSR count). The maximum atomic E-state index is 12.3. The molecule has 0 heterocycles. The van der Waals surface area contributed by atoms with Gasteiger partial charge in [0.1, 0.15) is 5.75 Å². The average Bonchev–Trinajstić information content (AvgIpc) is 2.35. The van der Waals surface area contributed by atoms with E-state index in [0.717, 1.165) is 5.56 Å². The molecule has 0 aromatic heterocycles. The van der Waals surface area contributed by atoms with Gasteiger partial charge in [0.25, 0.3) is 0 Å². The van der Waals surface area contributed by atoms with Crippen molar-refractivity contribution in [2.24, 2.45) is 11.1 Å². The number of hydrogen-bond donors (Lipinski definition) is 2. The topological polar surface area (TPSA) is 64.3 Å². The van der Waals surface area contributed by atoms with Crippen LogP contribution in [0.4, 0.5) is 5.69 Å². The molecular formula is C17H28N2O2. The van der Waals surface area contributed by atoms with Crippen LogP contribution >= 0.6 is 0 Å². The number of rotatable bonds is 3. The van der Waals surface area contributed by atoms with Gasteiger partial charge in [-0.3, -0.25) is 4.79 Å². The molecule has 4 heteroatoms. The Morgan fingerprint density at radius 3 is 2.19 bits per heavy atom. The summed E-state index contributed by atoms with van der Waals surface area (Å²) in [5, 5.41) is 2.89. The van der Waals surface area contributed by atoms with E-state index in [1.54, 1.807) is 7.11 Å². The SMILES string of the molecule is COc1ccc(C(C)(C)C)cc1NC(=O)[C@@H](N)C(C)(C)C. The lowest BCUT2D eigenvalue weighted by molar-refractivity contribution is -0.119. The predicted molar refractivity (Wildman–Crippen MR) is 87.8 cm³/mol. The largest absolute Gasteiger partial charge is 0.495 e. The van der Waals surface area contributed by atoms with Crippen LogP contribution in [0.15, 0.2) is 18.2 Å². The molecule has 0 fully saturated rings. The van der Waals surface area contributed by atoms with E-state index in [2.05, 4.69) is 26.1 Å². The lowest BCUT2D eigenvalue weighted by Crippen LogP contribution is -2.45. The van der Waals surface area contributed by atoms with Crippen LogP contribution in [0.2, 0.25) is 0 Å². The van der Waals surface area contributed by atoms with Crippen LogP contribution < -0.4 is 15.8 Å². The van der Waals surface area contributed by atoms with E-state index >= 15 is 0 Å². The Morgan fingerprint density at radius 1 is 1.19 bits per heavy atom. The van der Waals surface area contributed by atoms with Gasteiger partial charge in [0, 0.05) is 0 Å². The van der Waals surface area contributed by atoms with Crippen molar-refractivity contribution >= 4 is 11.6 Å². The van der Waals surface area contributed by atoms with Crippen LogP contribution in [0.1, 0.15) is 47.1 Å². The van der Waals surface area contributed by atoms with Crippen LogP contribution in [0.3, 0.4) is 0 Å². The number of methoxy groups -OCH3 is 1. The second-order valence-electron chi connectivity index (χ2n) is 7.50. The quantitative estimate of drug-likeness (QED) is 0.898. The smallest absolute Gasteiger partial charge is 0.241 e. The van der Waals surface area contributed by atoms with Crippen LogP contribution in [-0.4, -0.2) is 19.1 Å². The van der Waals surface area contributed by atoms with Gasteiger partial charge in [0.15, 0.2) is 0 Å². The Balaban J connectivity index is 3.09. The number of carbonyl (C=O) groups is 1. The molecule has 0 saturated heterocycles. The van der Waals surface area contributed by atoms with Crippen LogP contribution in [0.25, 0.3) is 0 Å². The molecular weight excluding hydrogens is 264 g/mol. The fourth-order valence-corrected chi connectivity index (χ4v) is 1.88. The standard InChI is InChI=1S/C17H28N2O2/c1-16(2,3)11-8-9-13(21-7)12(10-11)19-15(20)14(18)17(4,5)6/h8-10,14H,18H2,1-7H3,(H,19,20)/t14-/m1/s1. The first kappa shape index (κ1) is 17.5. The molecule has 1 aromatic carbocycles. The van der Waals surface area contributed by atoms with Gasteiger partial charge in [-0.05, 0) is 28.5 Å². The van der Waals surface area contributed by atoms with Gasteiger partial charge < -0.3 is 15.8 Å². The third kappa shape index (κ3) is 4.46. The lowest BCUT2D eigenvalue weighted by atomic mass is 9.86. The molecule has 0 aliphatic heterocycles. The lowest BCUT2D eigenvalue weighted by Gasteiger charge is -2.27. The van der Waals surface area contributed by atoms with Crippen molar-refractivity contribution in [2.75, 3.05) is 12.4 Å². The average molecular weight is 292 g/mol. The highest BCUT2D eigenvalue weighted by molar-refractivity contribution is 5.96. The first-order valence-corrected chi connectivity index (χ1v) is 7.22. The molecule has 0 saturated carbocycles. The van der Waals surface area contributed by atoms with Crippen molar-refractivity contribution in [1.29, 1.82) is 0 Å². The van der Waals surface area contributed by atoms with Crippen molar-refractivity contribution in [1.82, 2.24) is 0 Å². The van der Waals surface area contributed by atoms with Crippen molar-refractivity contribution in [3.63, 3.8) is 0 Å². The van der Waals surface area contributed by atoms with E-state index in [0.29, 0.717) is 11.4 Å². The minimum Gasteiger partial charge on any atom is -0.495 e. The van der Waals surface area contributed by atoms with Gasteiger partial charge in [-0.2, -0.15) is 0 Å². The molecule has 0 bridgehead atoms. The first-order valence-electron chi connectivity index (χ1n) is 7.22. The van der Waals surface area contributed by atoms with E-state index in [9.17, 15) is 4.79 Å². The summed E-state index contributed by atoms with van der Waals surface area (Å²) in [5.41, 5.74) is 7.50. The summed E-state index contributed by atoms with van der Waals surface area (Å²) in [7, 11) is 1.59. The minimum atomic E-state index is -0.583. The van der Waals surface area contributed by atoms with E-state index in [4.69, 9.17) is 10.5 Å². The number of amides is 1. The summed E-state index contributed by atoms with van der Waals surface area (Å²) in [6, 6.07) is 5.25. The number of nitrogens with one attached hydrogen (secondary N) is 1. The molecule has 0 aliphatic carbocycles. The summed E-state index contributed by atoms with van der Waals surface area (Å²) in [6.45, 7) is 12.2. The maximum absolute atomic E-state index is 12.3. The Bertz CT molecular complexity index is 511. The molecule has 1 amide bonds. The molecule has 0 aliphatic rings. The van der Waals surface area contributed by atoms with Crippen LogP contribution in [0.5, 0.6) is 5.75 Å². The Morgan fingerprint density at radius 2 is 1.76 bits per heavy atom. The molecule has 118 valence electrons. The monoisotopic (exact) mass is 292 g/mol. The molecule has 0 spiro atoms. The maximum Gasteiger partial charge on any atom is 0.241 e. The number of anilines is 1. The number of nitrogens with two attached hydrogens (primary N) is 1. The first-order chi connectivity index (χ1) is 9.46. The minimum absolute atomic E-state index is 0.00209. The summed E-state index contributed by atoms with van der Waals surface area (Å²) in [4.78, 5) is 12.3. The second-order valence-corrected chi connectivity index (χ2v) is 7.50. The molecule has 0 unspecified atom stereocenters. The highest BCUT2D eigenvalue weighted by Gasteiger charge is 2.28. The molecule has 21 heavy (non-hydrogen) atoms. The normalized spacial score (nSPS) is 13.7.